The van der Waals surface area contributed by atoms with E-state index in [0.29, 0.717) is 35.2 Å². The average molecular weight is 478 g/mol. The van der Waals surface area contributed by atoms with Crippen LogP contribution in [0.25, 0.3) is 5.78 Å². The molecule has 0 saturated carbocycles. The second-order valence-electron chi connectivity index (χ2n) is 7.95. The van der Waals surface area contributed by atoms with Crippen molar-refractivity contribution in [1.82, 2.24) is 19.2 Å². The lowest BCUT2D eigenvalue weighted by atomic mass is 10.2. The Labute approximate surface area is 202 Å². The van der Waals surface area contributed by atoms with Gasteiger partial charge in [0.1, 0.15) is 12.1 Å². The highest BCUT2D eigenvalue weighted by molar-refractivity contribution is 7.98. The van der Waals surface area contributed by atoms with Gasteiger partial charge in [-0.05, 0) is 44.5 Å². The van der Waals surface area contributed by atoms with Crippen LogP contribution >= 0.6 is 11.8 Å². The third-order valence-corrected chi connectivity index (χ3v) is 6.28. The summed E-state index contributed by atoms with van der Waals surface area (Å²) in [7, 11) is 0. The summed E-state index contributed by atoms with van der Waals surface area (Å²) >= 11 is 1.49. The zero-order valence-electron chi connectivity index (χ0n) is 19.4. The number of nitrogens with one attached hydrogen (secondary N) is 1. The number of benzene rings is 2. The van der Waals surface area contributed by atoms with E-state index in [1.807, 2.05) is 62.4 Å². The van der Waals surface area contributed by atoms with E-state index in [0.717, 1.165) is 16.9 Å². The second kappa shape index (κ2) is 10.6. The number of amides is 1. The Kier molecular flexibility index (Phi) is 7.32. The highest BCUT2D eigenvalue weighted by atomic mass is 32.2. The topological polar surface area (TPSA) is 90.5 Å². The fraction of sp³-hybridized carbons (Fsp3) is 0.280. The Balaban J connectivity index is 1.44. The van der Waals surface area contributed by atoms with Gasteiger partial charge in [0.25, 0.3) is 17.2 Å². The SMILES string of the molecule is CCCn1cnc2nc(CSc3ccccc3NC(=O)[C@@H](C)Oc3ccc(C)cc3)cc(=O)n21. The standard InChI is InChI=1S/C25H27N5O3S/c1-4-13-29-16-26-25-27-19(14-23(31)30(25)29)15-34-22-8-6-5-7-21(22)28-24(32)18(3)33-20-11-9-17(2)10-12-20/h5-12,14,16,18H,4,13,15H2,1-3H3,(H,28,32)/t18-/m1/s1. The third-order valence-electron chi connectivity index (χ3n) is 5.17. The van der Waals surface area contributed by atoms with Crippen LogP contribution in [0, 0.1) is 6.92 Å². The fourth-order valence-electron chi connectivity index (χ4n) is 3.42. The lowest BCUT2D eigenvalue weighted by Crippen LogP contribution is -2.30. The van der Waals surface area contributed by atoms with Gasteiger partial charge in [0.15, 0.2) is 6.10 Å². The van der Waals surface area contributed by atoms with Gasteiger partial charge in [-0.15, -0.1) is 11.8 Å². The molecule has 0 spiro atoms. The molecular weight excluding hydrogens is 450 g/mol. The molecule has 2 aromatic heterocycles. The summed E-state index contributed by atoms with van der Waals surface area (Å²) in [6.45, 7) is 6.46. The Bertz CT molecular complexity index is 1350. The third kappa shape index (κ3) is 5.48. The number of carbonyl (C=O) groups excluding carboxylic acids is 1. The van der Waals surface area contributed by atoms with Gasteiger partial charge < -0.3 is 10.1 Å². The predicted molar refractivity (Wildman–Crippen MR) is 133 cm³/mol. The number of aryl methyl sites for hydroxylation is 2. The lowest BCUT2D eigenvalue weighted by molar-refractivity contribution is -0.122. The summed E-state index contributed by atoms with van der Waals surface area (Å²) in [6, 6.07) is 16.6. The first kappa shape index (κ1) is 23.6. The zero-order chi connectivity index (χ0) is 24.1. The number of hydrogen-bond acceptors (Lipinski definition) is 6. The van der Waals surface area contributed by atoms with Gasteiger partial charge in [0.2, 0.25) is 0 Å². The van der Waals surface area contributed by atoms with Crippen LogP contribution in [0.5, 0.6) is 5.75 Å². The van der Waals surface area contributed by atoms with E-state index in [4.69, 9.17) is 4.74 Å². The monoisotopic (exact) mass is 477 g/mol. The first-order valence-corrected chi connectivity index (χ1v) is 12.1. The molecule has 0 aliphatic heterocycles. The van der Waals surface area contributed by atoms with E-state index in [-0.39, 0.29) is 11.5 Å². The van der Waals surface area contributed by atoms with Crippen LogP contribution in [0.2, 0.25) is 0 Å². The molecule has 2 aromatic carbocycles. The summed E-state index contributed by atoms with van der Waals surface area (Å²) in [6.07, 6.45) is 1.87. The molecule has 0 aliphatic rings. The number of rotatable bonds is 9. The van der Waals surface area contributed by atoms with Crippen molar-refractivity contribution in [3.63, 3.8) is 0 Å². The number of carbonyl (C=O) groups is 1. The molecule has 8 nitrogen and oxygen atoms in total. The summed E-state index contributed by atoms with van der Waals surface area (Å²) in [5, 5.41) is 2.95. The van der Waals surface area contributed by atoms with E-state index in [9.17, 15) is 9.59 Å². The van der Waals surface area contributed by atoms with Gasteiger partial charge in [-0.2, -0.15) is 9.50 Å². The maximum absolute atomic E-state index is 12.7. The molecule has 0 bridgehead atoms. The molecule has 4 aromatic rings. The number of nitrogens with zero attached hydrogens (tertiary/aromatic N) is 4. The number of para-hydroxylation sites is 1. The van der Waals surface area contributed by atoms with Gasteiger partial charge in [0.05, 0.1) is 11.4 Å². The Hall–Kier alpha value is -3.59. The zero-order valence-corrected chi connectivity index (χ0v) is 20.2. The van der Waals surface area contributed by atoms with Crippen molar-refractivity contribution in [1.29, 1.82) is 0 Å². The molecule has 1 amide bonds. The number of thioether (sulfide) groups is 1. The Morgan fingerprint density at radius 1 is 1.18 bits per heavy atom. The number of hydrogen-bond donors (Lipinski definition) is 1. The quantitative estimate of drug-likeness (QED) is 0.361. The molecule has 9 heteroatoms. The predicted octanol–water partition coefficient (Wildman–Crippen LogP) is 4.31. The molecule has 1 atom stereocenters. The molecule has 0 radical (unpaired) electrons. The summed E-state index contributed by atoms with van der Waals surface area (Å²) in [4.78, 5) is 35.0. The average Bonchev–Trinajstić information content (AvgIpc) is 3.23. The molecule has 0 saturated heterocycles. The smallest absolute Gasteiger partial charge is 0.274 e. The number of aromatic nitrogens is 4. The van der Waals surface area contributed by atoms with Gasteiger partial charge in [-0.25, -0.2) is 4.98 Å². The van der Waals surface area contributed by atoms with Gasteiger partial charge in [-0.3, -0.25) is 14.3 Å². The van der Waals surface area contributed by atoms with Crippen molar-refractivity contribution >= 4 is 29.1 Å². The van der Waals surface area contributed by atoms with Crippen molar-refractivity contribution < 1.29 is 9.53 Å². The van der Waals surface area contributed by atoms with Crippen LogP contribution in [-0.2, 0) is 17.1 Å². The molecule has 0 aliphatic carbocycles. The van der Waals surface area contributed by atoms with Gasteiger partial charge >= 0.3 is 0 Å². The highest BCUT2D eigenvalue weighted by Gasteiger charge is 2.17. The minimum absolute atomic E-state index is 0.157. The maximum Gasteiger partial charge on any atom is 0.274 e. The van der Waals surface area contributed by atoms with Gasteiger partial charge in [-0.1, -0.05) is 36.8 Å². The second-order valence-corrected chi connectivity index (χ2v) is 8.97. The first-order chi connectivity index (χ1) is 16.4. The van der Waals surface area contributed by atoms with E-state index in [1.54, 1.807) is 17.9 Å². The molecule has 176 valence electrons. The van der Waals surface area contributed by atoms with Crippen LogP contribution in [0.4, 0.5) is 5.69 Å². The molecule has 0 fully saturated rings. The normalized spacial score (nSPS) is 12.0. The number of ether oxygens (including phenoxy) is 1. The number of fused-ring (bicyclic) bond motifs is 1. The lowest BCUT2D eigenvalue weighted by Gasteiger charge is -2.16. The van der Waals surface area contributed by atoms with Crippen LogP contribution in [0.1, 0.15) is 31.5 Å². The minimum Gasteiger partial charge on any atom is -0.481 e. The molecule has 4 rings (SSSR count). The maximum atomic E-state index is 12.7. The van der Waals surface area contributed by atoms with Crippen LogP contribution in [0.3, 0.4) is 0 Å². The van der Waals surface area contributed by atoms with Crippen molar-refractivity contribution in [3.05, 3.63) is 82.5 Å². The van der Waals surface area contributed by atoms with E-state index >= 15 is 0 Å². The van der Waals surface area contributed by atoms with Crippen LogP contribution in [-0.4, -0.2) is 31.2 Å². The molecule has 0 unspecified atom stereocenters. The van der Waals surface area contributed by atoms with Crippen molar-refractivity contribution in [2.45, 2.75) is 50.5 Å². The van der Waals surface area contributed by atoms with Gasteiger partial charge in [0, 0.05) is 23.3 Å². The highest BCUT2D eigenvalue weighted by Crippen LogP contribution is 2.29. The van der Waals surface area contributed by atoms with Crippen molar-refractivity contribution in [3.8, 4) is 5.75 Å². The summed E-state index contributed by atoms with van der Waals surface area (Å²) in [5.74, 6) is 1.26. The molecule has 1 N–H and O–H groups in total. The summed E-state index contributed by atoms with van der Waals surface area (Å²) in [5.41, 5.74) is 2.28. The van der Waals surface area contributed by atoms with Crippen molar-refractivity contribution in [2.24, 2.45) is 0 Å². The molecule has 34 heavy (non-hydrogen) atoms. The minimum atomic E-state index is -0.664. The van der Waals surface area contributed by atoms with E-state index < -0.39 is 6.10 Å². The van der Waals surface area contributed by atoms with Crippen LogP contribution in [0.15, 0.2) is 70.6 Å². The Morgan fingerprint density at radius 2 is 1.94 bits per heavy atom. The van der Waals surface area contributed by atoms with E-state index in [1.165, 1.54) is 22.3 Å². The van der Waals surface area contributed by atoms with E-state index in [2.05, 4.69) is 15.3 Å². The van der Waals surface area contributed by atoms with Crippen LogP contribution < -0.4 is 15.6 Å². The Morgan fingerprint density at radius 3 is 2.71 bits per heavy atom. The summed E-state index contributed by atoms with van der Waals surface area (Å²) < 4.78 is 9.03. The number of anilines is 1. The fourth-order valence-corrected chi connectivity index (χ4v) is 4.32. The van der Waals surface area contributed by atoms with Crippen molar-refractivity contribution in [2.75, 3.05) is 5.32 Å². The first-order valence-electron chi connectivity index (χ1n) is 11.1. The largest absolute Gasteiger partial charge is 0.481 e. The molecular formula is C25H27N5O3S. The molecule has 2 heterocycles.